The summed E-state index contributed by atoms with van der Waals surface area (Å²) in [4.78, 5) is 47.4. The summed E-state index contributed by atoms with van der Waals surface area (Å²) in [7, 11) is 2.12. The molecule has 0 aliphatic carbocycles. The predicted molar refractivity (Wildman–Crippen MR) is 272 cm³/mol. The van der Waals surface area contributed by atoms with E-state index in [9.17, 15) is 14.4 Å². The first-order valence-corrected chi connectivity index (χ1v) is 26.1. The number of thiophene rings is 1. The number of nitrogens with two attached hydrogens (primary N) is 1. The number of ether oxygens (including phenoxy) is 10. The molecule has 0 aromatic carbocycles. The van der Waals surface area contributed by atoms with Crippen molar-refractivity contribution in [3.63, 3.8) is 0 Å². The van der Waals surface area contributed by atoms with Gasteiger partial charge >= 0.3 is 5.97 Å². The number of hydrogen-bond donors (Lipinski definition) is 3. The van der Waals surface area contributed by atoms with Gasteiger partial charge < -0.3 is 73.3 Å². The number of nitrogens with one attached hydrogen (secondary N) is 1. The molecule has 0 unspecified atom stereocenters. The molecule has 0 radical (unpaired) electrons. The van der Waals surface area contributed by atoms with E-state index in [1.165, 1.54) is 4.88 Å². The smallest absolute Gasteiger partial charge is 0.305 e. The van der Waals surface area contributed by atoms with Gasteiger partial charge in [-0.1, -0.05) is 34.1 Å². The minimum atomic E-state index is -0.878. The average molecular weight is 1020 g/mol. The summed E-state index contributed by atoms with van der Waals surface area (Å²) in [6, 6.07) is 2.12. The molecule has 1 aromatic heterocycles. The third-order valence-electron chi connectivity index (χ3n) is 10.3. The second-order valence-corrected chi connectivity index (χ2v) is 19.2. The number of likely N-dealkylation sites (N-methyl/N-ethyl adjacent to an activating group) is 1. The number of carboxylic acids is 1. The van der Waals surface area contributed by atoms with E-state index in [4.69, 9.17) is 58.2 Å². The number of carbonyl (C=O) groups excluding carboxylic acids is 2. The van der Waals surface area contributed by atoms with Crippen molar-refractivity contribution in [2.24, 2.45) is 16.1 Å². The van der Waals surface area contributed by atoms with Gasteiger partial charge in [0.25, 0.3) is 0 Å². The molecule has 0 saturated heterocycles. The number of hydrogen-bond acceptors (Lipinski definition) is 17. The largest absolute Gasteiger partial charge is 0.481 e. The molecule has 2 amide bonds. The Labute approximate surface area is 422 Å². The van der Waals surface area contributed by atoms with E-state index in [0.29, 0.717) is 176 Å². The van der Waals surface area contributed by atoms with Gasteiger partial charge in [-0.2, -0.15) is 0 Å². The fourth-order valence-electron chi connectivity index (χ4n) is 6.76. The molecule has 20 heteroatoms. The van der Waals surface area contributed by atoms with Crippen molar-refractivity contribution in [1.82, 2.24) is 15.1 Å². The van der Waals surface area contributed by atoms with Crippen molar-refractivity contribution in [3.8, 4) is 0 Å². The summed E-state index contributed by atoms with van der Waals surface area (Å²) in [6.45, 7) is 21.2. The van der Waals surface area contributed by atoms with Crippen molar-refractivity contribution in [2.75, 3.05) is 172 Å². The average Bonchev–Trinajstić information content (AvgIpc) is 3.60. The van der Waals surface area contributed by atoms with E-state index >= 15 is 0 Å². The lowest BCUT2D eigenvalue weighted by atomic mass is 9.92. The van der Waals surface area contributed by atoms with Crippen LogP contribution in [0.15, 0.2) is 16.6 Å². The van der Waals surface area contributed by atoms with Crippen LogP contribution in [0.1, 0.15) is 88.8 Å². The van der Waals surface area contributed by atoms with Gasteiger partial charge in [0.15, 0.2) is 0 Å². The number of nitrogens with zero attached hydrogens (tertiary/aromatic N) is 3. The van der Waals surface area contributed by atoms with Crippen LogP contribution in [0.2, 0.25) is 0 Å². The zero-order chi connectivity index (χ0) is 50.9. The summed E-state index contributed by atoms with van der Waals surface area (Å²) >= 11 is 1.70. The van der Waals surface area contributed by atoms with E-state index in [2.05, 4.69) is 35.2 Å². The van der Waals surface area contributed by atoms with E-state index in [1.54, 1.807) is 11.3 Å². The monoisotopic (exact) mass is 1020 g/mol. The molecule has 0 spiro atoms. The molecule has 0 saturated carbocycles. The maximum Gasteiger partial charge on any atom is 0.305 e. The number of carboxylic acid groups (broad SMARTS) is 1. The Kier molecular flexibility index (Phi) is 37.2. The SMILES string of the molecule is CCCN(CCCNC(=O)CC(C)(C)C)C(=O)C1=Cc2sc(CCCCCN(C)CCOCCOCCOCCOCCOCCOCCOCCOCCOCCOCCC(=O)O)cc2N=C(N)C1. The molecule has 2 heterocycles. The van der Waals surface area contributed by atoms with Gasteiger partial charge in [0.1, 0.15) is 5.84 Å². The third kappa shape index (κ3) is 35.1. The van der Waals surface area contributed by atoms with Gasteiger partial charge in [0, 0.05) is 49.5 Å². The van der Waals surface area contributed by atoms with Gasteiger partial charge in [-0.15, -0.1) is 11.3 Å². The van der Waals surface area contributed by atoms with Crippen LogP contribution in [-0.4, -0.2) is 210 Å². The standard InChI is InChI=1S/C50H89N5O14S/c1-6-14-55(16-10-13-52-47(56)41-50(2,3)4)49(59)42-38-45-44(53-46(51)39-42)40-43(70-45)11-8-7-9-15-54(5)17-19-61-21-23-63-25-27-65-29-31-67-33-35-69-37-36-68-34-32-66-30-28-64-26-24-62-22-20-60-18-12-48(57)58/h38,40H,6-37,39,41H2,1-5H3,(H2,51,53)(H,52,56)(H,57,58). The van der Waals surface area contributed by atoms with Crippen LogP contribution in [0.4, 0.5) is 5.69 Å². The lowest BCUT2D eigenvalue weighted by Crippen LogP contribution is -2.36. The van der Waals surface area contributed by atoms with Gasteiger partial charge in [0.05, 0.1) is 149 Å². The predicted octanol–water partition coefficient (Wildman–Crippen LogP) is 4.99. The molecule has 1 aliphatic heterocycles. The number of aliphatic carboxylic acids is 1. The lowest BCUT2D eigenvalue weighted by molar-refractivity contribution is -0.138. The highest BCUT2D eigenvalue weighted by Gasteiger charge is 2.23. The van der Waals surface area contributed by atoms with Crippen LogP contribution in [0.5, 0.6) is 0 Å². The van der Waals surface area contributed by atoms with E-state index in [1.807, 2.05) is 31.7 Å². The molecule has 0 fully saturated rings. The van der Waals surface area contributed by atoms with Crippen LogP contribution < -0.4 is 11.1 Å². The number of unbranched alkanes of at least 4 members (excludes halogenated alkanes) is 2. The Bertz CT molecular complexity index is 1580. The maximum absolute atomic E-state index is 13.7. The summed E-state index contributed by atoms with van der Waals surface area (Å²) in [5.41, 5.74) is 7.77. The number of amides is 2. The first-order chi connectivity index (χ1) is 33.9. The van der Waals surface area contributed by atoms with Gasteiger partial charge in [-0.05, 0) is 63.3 Å². The molecule has 404 valence electrons. The second kappa shape index (κ2) is 41.4. The molecule has 4 N–H and O–H groups in total. The number of amidine groups is 1. The second-order valence-electron chi connectivity index (χ2n) is 18.0. The minimum absolute atomic E-state index is 0.00780. The highest BCUT2D eigenvalue weighted by molar-refractivity contribution is 7.13. The topological polar surface area (TPSA) is 221 Å². The van der Waals surface area contributed by atoms with Gasteiger partial charge in [-0.3, -0.25) is 14.4 Å². The normalized spacial score (nSPS) is 12.8. The molecule has 19 nitrogen and oxygen atoms in total. The van der Waals surface area contributed by atoms with Gasteiger partial charge in [-0.25, -0.2) is 4.99 Å². The Hall–Kier alpha value is -3.12. The molecule has 0 atom stereocenters. The maximum atomic E-state index is 13.7. The molecule has 1 aliphatic rings. The zero-order valence-electron chi connectivity index (χ0n) is 43.3. The highest BCUT2D eigenvalue weighted by Crippen LogP contribution is 2.35. The molecular weight excluding hydrogens is 927 g/mol. The first kappa shape index (κ1) is 63.0. The molecule has 1 aromatic rings. The van der Waals surface area contributed by atoms with E-state index in [0.717, 1.165) is 55.8 Å². The van der Waals surface area contributed by atoms with Crippen molar-refractivity contribution in [2.45, 2.75) is 85.5 Å². The Morgan fingerprint density at radius 3 is 1.63 bits per heavy atom. The Balaban J connectivity index is 1.37. The van der Waals surface area contributed by atoms with Crippen molar-refractivity contribution < 1.29 is 66.9 Å². The quantitative estimate of drug-likeness (QED) is 0.0733. The van der Waals surface area contributed by atoms with Crippen LogP contribution in [0.25, 0.3) is 6.08 Å². The third-order valence-corrected chi connectivity index (χ3v) is 11.4. The summed E-state index contributed by atoms with van der Waals surface area (Å²) in [6.07, 6.45) is 8.58. The molecule has 0 bridgehead atoms. The van der Waals surface area contributed by atoms with Crippen molar-refractivity contribution >= 4 is 46.7 Å². The number of aryl methyl sites for hydroxylation is 1. The Morgan fingerprint density at radius 2 is 1.16 bits per heavy atom. The highest BCUT2D eigenvalue weighted by atomic mass is 32.1. The number of aliphatic imine (C=N–C) groups is 1. The molecule has 70 heavy (non-hydrogen) atoms. The number of rotatable bonds is 47. The Morgan fingerprint density at radius 1 is 0.671 bits per heavy atom. The fraction of sp³-hybridized carbons (Fsp3) is 0.800. The van der Waals surface area contributed by atoms with Gasteiger partial charge in [0.2, 0.25) is 11.8 Å². The number of fused-ring (bicyclic) bond motifs is 1. The zero-order valence-corrected chi connectivity index (χ0v) is 44.1. The minimum Gasteiger partial charge on any atom is -0.481 e. The van der Waals surface area contributed by atoms with E-state index in [-0.39, 0.29) is 30.3 Å². The van der Waals surface area contributed by atoms with Crippen LogP contribution in [0.3, 0.4) is 0 Å². The van der Waals surface area contributed by atoms with Crippen LogP contribution >= 0.6 is 11.3 Å². The summed E-state index contributed by atoms with van der Waals surface area (Å²) in [5, 5.41) is 11.5. The fourth-order valence-corrected chi connectivity index (χ4v) is 7.87. The number of carbonyl (C=O) groups is 3. The molecule has 2 rings (SSSR count). The summed E-state index contributed by atoms with van der Waals surface area (Å²) < 4.78 is 54.8. The van der Waals surface area contributed by atoms with Crippen LogP contribution in [-0.2, 0) is 68.2 Å². The lowest BCUT2D eigenvalue weighted by Gasteiger charge is -2.24. The first-order valence-electron chi connectivity index (χ1n) is 25.3. The summed E-state index contributed by atoms with van der Waals surface area (Å²) in [5.74, 6) is -0.394. The van der Waals surface area contributed by atoms with Crippen molar-refractivity contribution in [1.29, 1.82) is 0 Å². The van der Waals surface area contributed by atoms with E-state index < -0.39 is 5.97 Å². The van der Waals surface area contributed by atoms with Crippen LogP contribution in [0, 0.1) is 5.41 Å². The van der Waals surface area contributed by atoms with Crippen molar-refractivity contribution in [3.05, 3.63) is 21.4 Å². The molecular formula is C50H89N5O14S.